The molecular weight excluding hydrogens is 273 g/mol. The van der Waals surface area contributed by atoms with Gasteiger partial charge in [0.1, 0.15) is 11.6 Å². The molecule has 0 aromatic heterocycles. The van der Waals surface area contributed by atoms with Gasteiger partial charge in [-0.05, 0) is 38.5 Å². The van der Waals surface area contributed by atoms with Gasteiger partial charge in [-0.2, -0.15) is 0 Å². The highest BCUT2D eigenvalue weighted by Gasteiger charge is 2.25. The number of hydrogen-bond donors (Lipinski definition) is 1. The molecule has 100 valence electrons. The molecule has 0 aliphatic carbocycles. The van der Waals surface area contributed by atoms with Gasteiger partial charge in [0.25, 0.3) is 0 Å². The molecule has 0 saturated heterocycles. The predicted octanol–water partition coefficient (Wildman–Crippen LogP) is 3.20. The van der Waals surface area contributed by atoms with Crippen LogP contribution >= 0.6 is 23.2 Å². The maximum absolute atomic E-state index is 11.5. The number of ether oxygens (including phenoxy) is 1. The topological polar surface area (TPSA) is 52.3 Å². The third-order valence-corrected chi connectivity index (χ3v) is 3.10. The lowest BCUT2D eigenvalue weighted by molar-refractivity contribution is -0.157. The Morgan fingerprint density at radius 1 is 1.39 bits per heavy atom. The number of nitrogens with two attached hydrogens (primary N) is 1. The smallest absolute Gasteiger partial charge is 0.323 e. The summed E-state index contributed by atoms with van der Waals surface area (Å²) in [5.41, 5.74) is 5.78. The van der Waals surface area contributed by atoms with Crippen LogP contribution in [-0.4, -0.2) is 17.6 Å². The fourth-order valence-electron chi connectivity index (χ4n) is 1.54. The van der Waals surface area contributed by atoms with Gasteiger partial charge in [0.2, 0.25) is 0 Å². The molecule has 0 saturated carbocycles. The monoisotopic (exact) mass is 289 g/mol. The van der Waals surface area contributed by atoms with Crippen molar-refractivity contribution in [1.82, 2.24) is 0 Å². The van der Waals surface area contributed by atoms with Crippen molar-refractivity contribution in [3.63, 3.8) is 0 Å². The molecule has 0 heterocycles. The van der Waals surface area contributed by atoms with Gasteiger partial charge in [0, 0.05) is 6.42 Å². The molecule has 18 heavy (non-hydrogen) atoms. The highest BCUT2D eigenvalue weighted by atomic mass is 35.5. The molecule has 0 aliphatic heterocycles. The minimum Gasteiger partial charge on any atom is -0.458 e. The average molecular weight is 290 g/mol. The summed E-state index contributed by atoms with van der Waals surface area (Å²) in [6.07, 6.45) is 0.544. The fraction of sp³-hybridized carbons (Fsp3) is 0.462. The Kier molecular flexibility index (Phi) is 5.02. The lowest BCUT2D eigenvalue weighted by Gasteiger charge is -2.26. The number of carbonyl (C=O) groups excluding carboxylic acids is 1. The molecule has 3 nitrogen and oxygen atoms in total. The van der Waals surface area contributed by atoms with Crippen LogP contribution in [0.15, 0.2) is 18.2 Å². The number of benzene rings is 1. The van der Waals surface area contributed by atoms with E-state index in [1.807, 2.05) is 19.9 Å². The van der Waals surface area contributed by atoms with Crippen LogP contribution in [0.25, 0.3) is 0 Å². The van der Waals surface area contributed by atoms with Crippen LogP contribution in [0.4, 0.5) is 0 Å². The number of carbonyl (C=O) groups is 1. The largest absolute Gasteiger partial charge is 0.458 e. The maximum atomic E-state index is 11.5. The van der Waals surface area contributed by atoms with Crippen molar-refractivity contribution >= 4 is 29.2 Å². The van der Waals surface area contributed by atoms with E-state index in [0.717, 1.165) is 5.56 Å². The van der Waals surface area contributed by atoms with E-state index < -0.39 is 17.6 Å². The van der Waals surface area contributed by atoms with Crippen molar-refractivity contribution < 1.29 is 9.53 Å². The number of halogens is 2. The Morgan fingerprint density at radius 2 is 2.00 bits per heavy atom. The van der Waals surface area contributed by atoms with Crippen molar-refractivity contribution in [3.8, 4) is 0 Å². The Hall–Kier alpha value is -0.770. The molecule has 0 amide bonds. The van der Waals surface area contributed by atoms with Gasteiger partial charge in [-0.1, -0.05) is 29.3 Å². The second kappa shape index (κ2) is 5.91. The van der Waals surface area contributed by atoms with E-state index in [1.165, 1.54) is 0 Å². The molecule has 1 atom stereocenters. The lowest BCUT2D eigenvalue weighted by atomic mass is 9.98. The molecule has 0 aliphatic rings. The Balaban J connectivity index is 2.75. The minimum absolute atomic E-state index is 0.417. The van der Waals surface area contributed by atoms with Crippen LogP contribution < -0.4 is 5.73 Å². The van der Waals surface area contributed by atoms with Crippen LogP contribution in [0.3, 0.4) is 0 Å². The highest BCUT2D eigenvalue weighted by Crippen LogP contribution is 2.25. The molecule has 1 aromatic carbocycles. The average Bonchev–Trinajstić information content (AvgIpc) is 2.22. The van der Waals surface area contributed by atoms with Gasteiger partial charge < -0.3 is 10.5 Å². The third-order valence-electron chi connectivity index (χ3n) is 2.36. The van der Waals surface area contributed by atoms with Gasteiger partial charge in [0.15, 0.2) is 0 Å². The molecule has 0 radical (unpaired) electrons. The fourth-order valence-corrected chi connectivity index (χ4v) is 1.86. The predicted molar refractivity (Wildman–Crippen MR) is 74.0 cm³/mol. The van der Waals surface area contributed by atoms with Gasteiger partial charge in [-0.25, -0.2) is 0 Å². The number of hydrogen-bond acceptors (Lipinski definition) is 3. The Labute approximate surface area is 117 Å². The second-order valence-corrected chi connectivity index (χ2v) is 5.71. The normalized spacial score (nSPS) is 13.2. The summed E-state index contributed by atoms with van der Waals surface area (Å²) in [6, 6.07) is 4.72. The molecular formula is C13H17Cl2NO2. The molecule has 1 unspecified atom stereocenters. The van der Waals surface area contributed by atoms with E-state index in [-0.39, 0.29) is 0 Å². The summed E-state index contributed by atoms with van der Waals surface area (Å²) >= 11 is 11.8. The van der Waals surface area contributed by atoms with Crippen LogP contribution in [0.1, 0.15) is 26.3 Å². The number of esters is 1. The second-order valence-electron chi connectivity index (χ2n) is 4.89. The van der Waals surface area contributed by atoms with Gasteiger partial charge in [-0.15, -0.1) is 0 Å². The molecule has 1 rings (SSSR count). The first-order valence-electron chi connectivity index (χ1n) is 5.63. The van der Waals surface area contributed by atoms with Crippen molar-refractivity contribution in [2.45, 2.75) is 38.8 Å². The van der Waals surface area contributed by atoms with Gasteiger partial charge in [0.05, 0.1) is 10.0 Å². The van der Waals surface area contributed by atoms with Crippen molar-refractivity contribution in [2.24, 2.45) is 5.73 Å². The summed E-state index contributed by atoms with van der Waals surface area (Å²) in [5, 5.41) is 0.995. The third kappa shape index (κ3) is 4.48. The van der Waals surface area contributed by atoms with Crippen molar-refractivity contribution in [1.29, 1.82) is 0 Å². The van der Waals surface area contributed by atoms with Crippen LogP contribution in [0, 0.1) is 0 Å². The first-order valence-corrected chi connectivity index (χ1v) is 6.39. The van der Waals surface area contributed by atoms with E-state index >= 15 is 0 Å². The molecule has 5 heteroatoms. The zero-order valence-electron chi connectivity index (χ0n) is 10.7. The van der Waals surface area contributed by atoms with Crippen LogP contribution in [0.5, 0.6) is 0 Å². The van der Waals surface area contributed by atoms with Crippen molar-refractivity contribution in [2.75, 3.05) is 0 Å². The van der Waals surface area contributed by atoms with Crippen molar-refractivity contribution in [3.05, 3.63) is 33.8 Å². The maximum Gasteiger partial charge on any atom is 0.323 e. The molecule has 0 spiro atoms. The molecule has 0 fully saturated rings. The summed E-state index contributed by atoms with van der Waals surface area (Å²) in [6.45, 7) is 5.25. The zero-order chi connectivity index (χ0) is 13.9. The first-order chi connectivity index (χ1) is 8.21. The van der Waals surface area contributed by atoms with E-state index in [0.29, 0.717) is 16.5 Å². The molecule has 0 bridgehead atoms. The lowest BCUT2D eigenvalue weighted by Crippen LogP contribution is -2.38. The van der Waals surface area contributed by atoms with E-state index in [1.54, 1.807) is 19.1 Å². The zero-order valence-corrected chi connectivity index (χ0v) is 12.2. The number of rotatable bonds is 4. The van der Waals surface area contributed by atoms with Gasteiger partial charge in [-0.3, -0.25) is 4.79 Å². The van der Waals surface area contributed by atoms with E-state index in [2.05, 4.69) is 0 Å². The SMILES string of the molecule is CC(N)C(=O)OC(C)(C)Cc1ccc(Cl)c(Cl)c1. The molecule has 1 aromatic rings. The summed E-state index contributed by atoms with van der Waals surface area (Å²) in [4.78, 5) is 11.5. The van der Waals surface area contributed by atoms with Gasteiger partial charge >= 0.3 is 5.97 Å². The van der Waals surface area contributed by atoms with E-state index in [4.69, 9.17) is 33.7 Å². The van der Waals surface area contributed by atoms with Crippen LogP contribution in [0.2, 0.25) is 10.0 Å². The van der Waals surface area contributed by atoms with E-state index in [9.17, 15) is 4.79 Å². The Morgan fingerprint density at radius 3 is 2.50 bits per heavy atom. The summed E-state index contributed by atoms with van der Waals surface area (Å²) < 4.78 is 5.33. The highest BCUT2D eigenvalue weighted by molar-refractivity contribution is 6.42. The summed E-state index contributed by atoms with van der Waals surface area (Å²) in [5.74, 6) is -0.417. The molecule has 2 N–H and O–H groups in total. The van der Waals surface area contributed by atoms with Crippen LogP contribution in [-0.2, 0) is 16.0 Å². The standard InChI is InChI=1S/C13H17Cl2NO2/c1-8(16)12(17)18-13(2,3)7-9-4-5-10(14)11(15)6-9/h4-6,8H,7,16H2,1-3H3. The minimum atomic E-state index is -0.637. The summed E-state index contributed by atoms with van der Waals surface area (Å²) in [7, 11) is 0. The first kappa shape index (κ1) is 15.3. The Bertz CT molecular complexity index is 445. The quantitative estimate of drug-likeness (QED) is 0.866.